The Kier molecular flexibility index (Phi) is 6.54. The third-order valence-corrected chi connectivity index (χ3v) is 1.72. The summed E-state index contributed by atoms with van der Waals surface area (Å²) in [6, 6.07) is 0. The summed E-state index contributed by atoms with van der Waals surface area (Å²) < 4.78 is 4.84. The van der Waals surface area contributed by atoms with Gasteiger partial charge in [-0.1, -0.05) is 18.6 Å². The van der Waals surface area contributed by atoms with Gasteiger partial charge >= 0.3 is 0 Å². The first-order valence-corrected chi connectivity index (χ1v) is 4.49. The molecule has 0 saturated carbocycles. The molecule has 0 spiro atoms. The van der Waals surface area contributed by atoms with Gasteiger partial charge in [-0.2, -0.15) is 0 Å². The molecule has 0 aliphatic carbocycles. The summed E-state index contributed by atoms with van der Waals surface area (Å²) in [6.07, 6.45) is 8.49. The average molecular weight is 168 g/mol. The Morgan fingerprint density at radius 3 is 2.58 bits per heavy atom. The Hall–Kier alpha value is -0.720. The van der Waals surface area contributed by atoms with Gasteiger partial charge in [0.2, 0.25) is 0 Å². The summed E-state index contributed by atoms with van der Waals surface area (Å²) in [5.74, 6) is 0.612. The highest BCUT2D eigenvalue weighted by Gasteiger charge is 1.94. The van der Waals surface area contributed by atoms with Crippen molar-refractivity contribution in [2.45, 2.75) is 33.6 Å². The Morgan fingerprint density at radius 2 is 2.08 bits per heavy atom. The number of rotatable bonds is 5. The standard InChI is InChI=1S/C11H20O/c1-10(2)6-5-7-11(3)8-9-12-4/h6,8-9,11H,5,7H2,1-4H3. The van der Waals surface area contributed by atoms with Gasteiger partial charge in [0.1, 0.15) is 0 Å². The van der Waals surface area contributed by atoms with Crippen LogP contribution in [-0.2, 0) is 4.74 Å². The Morgan fingerprint density at radius 1 is 1.42 bits per heavy atom. The van der Waals surface area contributed by atoms with Gasteiger partial charge in [-0.15, -0.1) is 0 Å². The minimum atomic E-state index is 0.612. The molecule has 0 aromatic carbocycles. The van der Waals surface area contributed by atoms with E-state index in [2.05, 4.69) is 32.9 Å². The van der Waals surface area contributed by atoms with Crippen molar-refractivity contribution in [2.24, 2.45) is 5.92 Å². The van der Waals surface area contributed by atoms with Gasteiger partial charge in [0.15, 0.2) is 0 Å². The van der Waals surface area contributed by atoms with E-state index in [1.54, 1.807) is 13.4 Å². The lowest BCUT2D eigenvalue weighted by Crippen LogP contribution is -1.88. The van der Waals surface area contributed by atoms with Crippen LogP contribution in [0.2, 0.25) is 0 Å². The third-order valence-electron chi connectivity index (χ3n) is 1.72. The molecule has 12 heavy (non-hydrogen) atoms. The fourth-order valence-electron chi connectivity index (χ4n) is 0.944. The van der Waals surface area contributed by atoms with Crippen LogP contribution in [0, 0.1) is 5.92 Å². The van der Waals surface area contributed by atoms with Crippen LogP contribution in [0.1, 0.15) is 33.6 Å². The SMILES string of the molecule is COC=CC(C)CCC=C(C)C. The molecule has 0 heterocycles. The molecule has 0 amide bonds. The summed E-state index contributed by atoms with van der Waals surface area (Å²) in [7, 11) is 1.68. The summed E-state index contributed by atoms with van der Waals surface area (Å²) >= 11 is 0. The Labute approximate surface area is 76.1 Å². The molecule has 1 unspecified atom stereocenters. The van der Waals surface area contributed by atoms with Crippen molar-refractivity contribution >= 4 is 0 Å². The van der Waals surface area contributed by atoms with E-state index >= 15 is 0 Å². The fourth-order valence-corrected chi connectivity index (χ4v) is 0.944. The van der Waals surface area contributed by atoms with Gasteiger partial charge in [0.25, 0.3) is 0 Å². The van der Waals surface area contributed by atoms with E-state index in [-0.39, 0.29) is 0 Å². The highest BCUT2D eigenvalue weighted by molar-refractivity contribution is 4.93. The van der Waals surface area contributed by atoms with Crippen LogP contribution in [0.3, 0.4) is 0 Å². The van der Waals surface area contributed by atoms with Crippen molar-refractivity contribution in [3.63, 3.8) is 0 Å². The number of hydrogen-bond donors (Lipinski definition) is 0. The average Bonchev–Trinajstić information content (AvgIpc) is 2.00. The lowest BCUT2D eigenvalue weighted by Gasteiger charge is -2.02. The van der Waals surface area contributed by atoms with Crippen LogP contribution in [0.4, 0.5) is 0 Å². The molecule has 70 valence electrons. The summed E-state index contributed by atoms with van der Waals surface area (Å²) in [5, 5.41) is 0. The lowest BCUT2D eigenvalue weighted by atomic mass is 10.1. The van der Waals surface area contributed by atoms with Crippen LogP contribution >= 0.6 is 0 Å². The van der Waals surface area contributed by atoms with Crippen LogP contribution in [-0.4, -0.2) is 7.11 Å². The molecule has 0 rings (SSSR count). The zero-order chi connectivity index (χ0) is 9.40. The van der Waals surface area contributed by atoms with Crippen LogP contribution in [0.5, 0.6) is 0 Å². The van der Waals surface area contributed by atoms with Crippen LogP contribution < -0.4 is 0 Å². The monoisotopic (exact) mass is 168 g/mol. The van der Waals surface area contributed by atoms with E-state index in [4.69, 9.17) is 4.74 Å². The second kappa shape index (κ2) is 6.96. The first kappa shape index (κ1) is 11.3. The van der Waals surface area contributed by atoms with Crippen LogP contribution in [0.15, 0.2) is 24.0 Å². The van der Waals surface area contributed by atoms with E-state index in [1.807, 2.05) is 0 Å². The molecule has 0 radical (unpaired) electrons. The highest BCUT2D eigenvalue weighted by atomic mass is 16.5. The smallest absolute Gasteiger partial charge is 0.0787 e. The van der Waals surface area contributed by atoms with Gasteiger partial charge < -0.3 is 4.74 Å². The molecule has 0 saturated heterocycles. The highest BCUT2D eigenvalue weighted by Crippen LogP contribution is 2.08. The number of methoxy groups -OCH3 is 1. The van der Waals surface area contributed by atoms with Gasteiger partial charge in [-0.25, -0.2) is 0 Å². The van der Waals surface area contributed by atoms with Gasteiger partial charge in [0.05, 0.1) is 13.4 Å². The first-order valence-electron chi connectivity index (χ1n) is 4.49. The predicted molar refractivity (Wildman–Crippen MR) is 54.0 cm³/mol. The number of allylic oxidation sites excluding steroid dienone is 3. The van der Waals surface area contributed by atoms with E-state index in [9.17, 15) is 0 Å². The summed E-state index contributed by atoms with van der Waals surface area (Å²) in [4.78, 5) is 0. The Balaban J connectivity index is 3.50. The van der Waals surface area contributed by atoms with E-state index in [1.165, 1.54) is 12.0 Å². The zero-order valence-corrected chi connectivity index (χ0v) is 8.63. The molecule has 1 heteroatoms. The molecule has 1 nitrogen and oxygen atoms in total. The topological polar surface area (TPSA) is 9.23 Å². The second-order valence-electron chi connectivity index (χ2n) is 3.40. The molecular weight excluding hydrogens is 148 g/mol. The maximum atomic E-state index is 4.84. The van der Waals surface area contributed by atoms with E-state index in [0.717, 1.165) is 6.42 Å². The minimum Gasteiger partial charge on any atom is -0.505 e. The van der Waals surface area contributed by atoms with Crippen molar-refractivity contribution in [2.75, 3.05) is 7.11 Å². The number of hydrogen-bond acceptors (Lipinski definition) is 1. The van der Waals surface area contributed by atoms with Crippen molar-refractivity contribution in [3.8, 4) is 0 Å². The molecule has 0 aliphatic heterocycles. The summed E-state index contributed by atoms with van der Waals surface area (Å²) in [6.45, 7) is 6.47. The van der Waals surface area contributed by atoms with E-state index < -0.39 is 0 Å². The van der Waals surface area contributed by atoms with Gasteiger partial charge in [-0.3, -0.25) is 0 Å². The molecule has 0 fully saturated rings. The lowest BCUT2D eigenvalue weighted by molar-refractivity contribution is 0.333. The van der Waals surface area contributed by atoms with Gasteiger partial charge in [0, 0.05) is 0 Å². The molecule has 0 aromatic rings. The third kappa shape index (κ3) is 7.39. The maximum Gasteiger partial charge on any atom is 0.0787 e. The molecule has 0 aromatic heterocycles. The molecule has 0 aliphatic rings. The molecule has 0 N–H and O–H groups in total. The molecule has 0 bridgehead atoms. The van der Waals surface area contributed by atoms with Gasteiger partial charge in [-0.05, 0) is 38.7 Å². The fraction of sp³-hybridized carbons (Fsp3) is 0.636. The second-order valence-corrected chi connectivity index (χ2v) is 3.40. The normalized spacial score (nSPS) is 13.0. The first-order chi connectivity index (χ1) is 5.66. The quantitative estimate of drug-likeness (QED) is 0.451. The largest absolute Gasteiger partial charge is 0.505 e. The summed E-state index contributed by atoms with van der Waals surface area (Å²) in [5.41, 5.74) is 1.40. The molecular formula is C11H20O. The van der Waals surface area contributed by atoms with Crippen molar-refractivity contribution in [3.05, 3.63) is 24.0 Å². The van der Waals surface area contributed by atoms with Crippen molar-refractivity contribution in [1.29, 1.82) is 0 Å². The van der Waals surface area contributed by atoms with Crippen molar-refractivity contribution in [1.82, 2.24) is 0 Å². The van der Waals surface area contributed by atoms with E-state index in [0.29, 0.717) is 5.92 Å². The molecule has 1 atom stereocenters. The predicted octanol–water partition coefficient (Wildman–Crippen LogP) is 3.53. The van der Waals surface area contributed by atoms with Crippen molar-refractivity contribution < 1.29 is 4.74 Å². The Bertz CT molecular complexity index is 152. The number of ether oxygens (including phenoxy) is 1. The maximum absolute atomic E-state index is 4.84. The minimum absolute atomic E-state index is 0.612. The zero-order valence-electron chi connectivity index (χ0n) is 8.63. The van der Waals surface area contributed by atoms with Crippen LogP contribution in [0.25, 0.3) is 0 Å².